The molecular formula is C13H23N3OS. The highest BCUT2D eigenvalue weighted by Crippen LogP contribution is 2.22. The Hall–Kier alpha value is -0.680. The second-order valence-corrected chi connectivity index (χ2v) is 5.83. The van der Waals surface area contributed by atoms with E-state index < -0.39 is 0 Å². The highest BCUT2D eigenvalue weighted by molar-refractivity contribution is 7.80. The average Bonchev–Trinajstić information content (AvgIpc) is 2.90. The van der Waals surface area contributed by atoms with E-state index in [4.69, 9.17) is 18.0 Å². The molecular weight excluding hydrogens is 246 g/mol. The van der Waals surface area contributed by atoms with Crippen molar-refractivity contribution in [3.63, 3.8) is 0 Å². The maximum absolute atomic E-state index is 12.4. The van der Waals surface area contributed by atoms with Gasteiger partial charge in [0.1, 0.15) is 0 Å². The Morgan fingerprint density at radius 1 is 1.22 bits per heavy atom. The predicted molar refractivity (Wildman–Crippen MR) is 76.4 cm³/mol. The first-order valence-corrected chi connectivity index (χ1v) is 7.36. The van der Waals surface area contributed by atoms with Gasteiger partial charge in [-0.15, -0.1) is 0 Å². The minimum atomic E-state index is -0.0881. The molecule has 2 rings (SSSR count). The molecule has 0 bridgehead atoms. The number of hydrogen-bond acceptors (Lipinski definition) is 3. The molecule has 102 valence electrons. The number of nitrogens with two attached hydrogens (primary N) is 1. The van der Waals surface area contributed by atoms with Crippen molar-refractivity contribution < 1.29 is 4.79 Å². The summed E-state index contributed by atoms with van der Waals surface area (Å²) < 4.78 is 0. The molecule has 5 heteroatoms. The first-order chi connectivity index (χ1) is 8.61. The van der Waals surface area contributed by atoms with Crippen molar-refractivity contribution in [3.05, 3.63) is 0 Å². The van der Waals surface area contributed by atoms with Crippen LogP contribution in [0.4, 0.5) is 0 Å². The maximum atomic E-state index is 12.4. The summed E-state index contributed by atoms with van der Waals surface area (Å²) in [4.78, 5) is 17.1. The molecule has 2 fully saturated rings. The molecule has 2 heterocycles. The van der Waals surface area contributed by atoms with Crippen LogP contribution in [0.5, 0.6) is 0 Å². The van der Waals surface area contributed by atoms with E-state index >= 15 is 0 Å². The second kappa shape index (κ2) is 5.97. The molecule has 0 aromatic carbocycles. The zero-order chi connectivity index (χ0) is 13.1. The first-order valence-electron chi connectivity index (χ1n) is 6.95. The lowest BCUT2D eigenvalue weighted by atomic mass is 9.99. The van der Waals surface area contributed by atoms with Crippen LogP contribution >= 0.6 is 12.2 Å². The number of rotatable bonds is 3. The van der Waals surface area contributed by atoms with Gasteiger partial charge in [-0.25, -0.2) is 0 Å². The van der Waals surface area contributed by atoms with E-state index in [1.807, 2.05) is 11.8 Å². The molecule has 2 unspecified atom stereocenters. The van der Waals surface area contributed by atoms with Gasteiger partial charge in [0.05, 0.1) is 17.1 Å². The molecule has 2 aliphatic rings. The zero-order valence-corrected chi connectivity index (χ0v) is 11.9. The van der Waals surface area contributed by atoms with Gasteiger partial charge in [0.2, 0.25) is 5.91 Å². The SMILES string of the molecule is CC(C(=O)N1CCCC1)N1CCCCC1C(N)=S. The Labute approximate surface area is 114 Å². The van der Waals surface area contributed by atoms with Crippen LogP contribution in [-0.2, 0) is 4.79 Å². The fourth-order valence-corrected chi connectivity index (χ4v) is 3.32. The molecule has 2 atom stereocenters. The number of nitrogens with zero attached hydrogens (tertiary/aromatic N) is 2. The third-order valence-electron chi connectivity index (χ3n) is 4.15. The number of piperidine rings is 1. The topological polar surface area (TPSA) is 49.6 Å². The molecule has 0 radical (unpaired) electrons. The van der Waals surface area contributed by atoms with Crippen LogP contribution in [0.2, 0.25) is 0 Å². The van der Waals surface area contributed by atoms with Gasteiger partial charge in [-0.2, -0.15) is 0 Å². The first kappa shape index (κ1) is 13.7. The molecule has 2 saturated heterocycles. The molecule has 0 aromatic rings. The van der Waals surface area contributed by atoms with Gasteiger partial charge >= 0.3 is 0 Å². The minimum Gasteiger partial charge on any atom is -0.392 e. The Balaban J connectivity index is 2.03. The lowest BCUT2D eigenvalue weighted by Crippen LogP contribution is -2.55. The lowest BCUT2D eigenvalue weighted by Gasteiger charge is -2.39. The third-order valence-corrected chi connectivity index (χ3v) is 4.42. The lowest BCUT2D eigenvalue weighted by molar-refractivity contribution is -0.136. The van der Waals surface area contributed by atoms with Crippen molar-refractivity contribution in [2.24, 2.45) is 5.73 Å². The second-order valence-electron chi connectivity index (χ2n) is 5.36. The van der Waals surface area contributed by atoms with Gasteiger partial charge in [0.25, 0.3) is 0 Å². The van der Waals surface area contributed by atoms with Crippen LogP contribution in [0.1, 0.15) is 39.0 Å². The van der Waals surface area contributed by atoms with Crippen molar-refractivity contribution in [1.82, 2.24) is 9.80 Å². The molecule has 0 spiro atoms. The van der Waals surface area contributed by atoms with Crippen LogP contribution in [0, 0.1) is 0 Å². The Morgan fingerprint density at radius 3 is 2.44 bits per heavy atom. The standard InChI is InChI=1S/C13H23N3OS/c1-10(13(17)15-7-4-5-8-15)16-9-3-2-6-11(16)12(14)18/h10-11H,2-9H2,1H3,(H2,14,18). The number of carbonyl (C=O) groups is 1. The van der Waals surface area contributed by atoms with Gasteiger partial charge in [-0.3, -0.25) is 9.69 Å². The summed E-state index contributed by atoms with van der Waals surface area (Å²) in [6, 6.07) is 0.0187. The van der Waals surface area contributed by atoms with E-state index in [0.717, 1.165) is 51.7 Å². The van der Waals surface area contributed by atoms with Gasteiger partial charge in [-0.1, -0.05) is 18.6 Å². The Bertz CT molecular complexity index is 328. The molecule has 0 saturated carbocycles. The molecule has 1 amide bonds. The molecule has 2 aliphatic heterocycles. The monoisotopic (exact) mass is 269 g/mol. The maximum Gasteiger partial charge on any atom is 0.239 e. The summed E-state index contributed by atoms with van der Waals surface area (Å²) in [7, 11) is 0. The van der Waals surface area contributed by atoms with Crippen LogP contribution < -0.4 is 5.73 Å². The summed E-state index contributed by atoms with van der Waals surface area (Å²) in [6.07, 6.45) is 5.56. The Kier molecular flexibility index (Phi) is 4.56. The third kappa shape index (κ3) is 2.83. The number of hydrogen-bond donors (Lipinski definition) is 1. The van der Waals surface area contributed by atoms with E-state index in [0.29, 0.717) is 4.99 Å². The normalized spacial score (nSPS) is 27.2. The number of amides is 1. The summed E-state index contributed by atoms with van der Waals surface area (Å²) in [5.41, 5.74) is 5.81. The molecule has 0 aliphatic carbocycles. The molecule has 0 aromatic heterocycles. The smallest absolute Gasteiger partial charge is 0.239 e. The minimum absolute atomic E-state index is 0.0881. The van der Waals surface area contributed by atoms with E-state index in [2.05, 4.69) is 4.90 Å². The average molecular weight is 269 g/mol. The van der Waals surface area contributed by atoms with Crippen molar-refractivity contribution in [3.8, 4) is 0 Å². The highest BCUT2D eigenvalue weighted by atomic mass is 32.1. The van der Waals surface area contributed by atoms with E-state index in [9.17, 15) is 4.79 Å². The van der Waals surface area contributed by atoms with Gasteiger partial charge in [-0.05, 0) is 39.2 Å². The van der Waals surface area contributed by atoms with Crippen LogP contribution in [0.15, 0.2) is 0 Å². The summed E-state index contributed by atoms with van der Waals surface area (Å²) in [6.45, 7) is 4.75. The van der Waals surface area contributed by atoms with Crippen molar-refractivity contribution in [2.45, 2.75) is 51.1 Å². The number of likely N-dealkylation sites (tertiary alicyclic amines) is 2. The largest absolute Gasteiger partial charge is 0.392 e. The Morgan fingerprint density at radius 2 is 1.83 bits per heavy atom. The van der Waals surface area contributed by atoms with Crippen molar-refractivity contribution in [1.29, 1.82) is 0 Å². The van der Waals surface area contributed by atoms with Crippen LogP contribution in [-0.4, -0.2) is 52.4 Å². The fourth-order valence-electron chi connectivity index (χ4n) is 3.07. The van der Waals surface area contributed by atoms with E-state index in [1.54, 1.807) is 0 Å². The van der Waals surface area contributed by atoms with Gasteiger partial charge in [0.15, 0.2) is 0 Å². The van der Waals surface area contributed by atoms with Gasteiger partial charge < -0.3 is 10.6 Å². The molecule has 2 N–H and O–H groups in total. The number of carbonyl (C=O) groups excluding carboxylic acids is 1. The quantitative estimate of drug-likeness (QED) is 0.781. The van der Waals surface area contributed by atoms with Gasteiger partial charge in [0, 0.05) is 13.1 Å². The zero-order valence-electron chi connectivity index (χ0n) is 11.1. The highest BCUT2D eigenvalue weighted by Gasteiger charge is 2.34. The van der Waals surface area contributed by atoms with Crippen molar-refractivity contribution in [2.75, 3.05) is 19.6 Å². The number of thiocarbonyl (C=S) groups is 1. The van der Waals surface area contributed by atoms with Crippen LogP contribution in [0.3, 0.4) is 0 Å². The molecule has 18 heavy (non-hydrogen) atoms. The van der Waals surface area contributed by atoms with E-state index in [1.165, 1.54) is 0 Å². The summed E-state index contributed by atoms with van der Waals surface area (Å²) >= 11 is 5.14. The predicted octanol–water partition coefficient (Wildman–Crippen LogP) is 1.14. The van der Waals surface area contributed by atoms with E-state index in [-0.39, 0.29) is 18.0 Å². The summed E-state index contributed by atoms with van der Waals surface area (Å²) in [5.74, 6) is 0.246. The van der Waals surface area contributed by atoms with Crippen molar-refractivity contribution >= 4 is 23.1 Å². The summed E-state index contributed by atoms with van der Waals surface area (Å²) in [5, 5.41) is 0. The molecule has 4 nitrogen and oxygen atoms in total. The fraction of sp³-hybridized carbons (Fsp3) is 0.846. The van der Waals surface area contributed by atoms with Crippen LogP contribution in [0.25, 0.3) is 0 Å².